The van der Waals surface area contributed by atoms with Gasteiger partial charge in [-0.15, -0.1) is 23.1 Å². The van der Waals surface area contributed by atoms with Gasteiger partial charge in [0.2, 0.25) is 5.91 Å². The maximum Gasteiger partial charge on any atom is 0.341 e. The highest BCUT2D eigenvalue weighted by molar-refractivity contribution is 8.00. The fraction of sp³-hybridized carbons (Fsp3) is 0.263. The fourth-order valence-corrected chi connectivity index (χ4v) is 7.73. The molecule has 3 N–H and O–H groups in total. The molecule has 11 heteroatoms. The molecule has 3 aromatic carbocycles. The van der Waals surface area contributed by atoms with E-state index in [-0.39, 0.29) is 11.6 Å². The summed E-state index contributed by atoms with van der Waals surface area (Å²) >= 11 is 2.82. The third-order valence-electron chi connectivity index (χ3n) is 7.86. The third-order valence-corrected chi connectivity index (χ3v) is 10.4. The number of anilines is 2. The number of hydrogen-bond donors (Lipinski definition) is 3. The Balaban J connectivity index is 1.31. The molecule has 5 rings (SSSR count). The fourth-order valence-electron chi connectivity index (χ4n) is 5.43. The van der Waals surface area contributed by atoms with Crippen LogP contribution in [0.2, 0.25) is 0 Å². The summed E-state index contributed by atoms with van der Waals surface area (Å²) in [5.74, 6) is -0.881. The number of ether oxygens (including phenoxy) is 2. The number of methoxy groups -OCH3 is 1. The normalized spacial score (nSPS) is 13.1. The number of rotatable bonds is 13. The maximum absolute atomic E-state index is 13.6. The van der Waals surface area contributed by atoms with Crippen molar-refractivity contribution in [2.24, 2.45) is 0 Å². The molecule has 1 aromatic heterocycles. The summed E-state index contributed by atoms with van der Waals surface area (Å²) in [6.45, 7) is 4.36. The minimum Gasteiger partial charge on any atom is -0.494 e. The number of benzene rings is 3. The lowest BCUT2D eigenvalue weighted by molar-refractivity contribution is -0.116. The van der Waals surface area contributed by atoms with Crippen LogP contribution in [-0.4, -0.2) is 42.7 Å². The monoisotopic (exact) mass is 697 g/mol. The van der Waals surface area contributed by atoms with E-state index in [1.165, 1.54) is 30.2 Å². The summed E-state index contributed by atoms with van der Waals surface area (Å²) in [7, 11) is 1.35. The van der Waals surface area contributed by atoms with Gasteiger partial charge >= 0.3 is 5.97 Å². The van der Waals surface area contributed by atoms with Crippen LogP contribution in [0.1, 0.15) is 69.8 Å². The number of aryl methyl sites for hydroxylation is 1. The van der Waals surface area contributed by atoms with Crippen molar-refractivity contribution in [3.8, 4) is 5.75 Å². The molecule has 4 aromatic rings. The predicted molar refractivity (Wildman–Crippen MR) is 195 cm³/mol. The molecule has 0 spiro atoms. The topological polar surface area (TPSA) is 123 Å². The van der Waals surface area contributed by atoms with Crippen molar-refractivity contribution in [2.45, 2.75) is 56.1 Å². The Bertz CT molecular complexity index is 1840. The van der Waals surface area contributed by atoms with Crippen LogP contribution >= 0.6 is 23.1 Å². The summed E-state index contributed by atoms with van der Waals surface area (Å²) < 4.78 is 10.6. The highest BCUT2D eigenvalue weighted by atomic mass is 32.2. The number of nitrogens with one attached hydrogen (secondary N) is 3. The molecule has 1 aliphatic rings. The van der Waals surface area contributed by atoms with Crippen LogP contribution in [0.15, 0.2) is 89.5 Å². The molecule has 0 saturated carbocycles. The molecule has 0 saturated heterocycles. The van der Waals surface area contributed by atoms with Crippen molar-refractivity contribution >= 4 is 63.6 Å². The summed E-state index contributed by atoms with van der Waals surface area (Å²) in [6.07, 6.45) is 5.87. The van der Waals surface area contributed by atoms with Crippen LogP contribution in [0.3, 0.4) is 0 Å². The van der Waals surface area contributed by atoms with Crippen LogP contribution in [0.25, 0.3) is 6.08 Å². The van der Waals surface area contributed by atoms with Crippen molar-refractivity contribution in [1.29, 1.82) is 0 Å². The van der Waals surface area contributed by atoms with Gasteiger partial charge in [-0.3, -0.25) is 14.4 Å². The zero-order valence-electron chi connectivity index (χ0n) is 27.7. The Labute approximate surface area is 294 Å². The highest BCUT2D eigenvalue weighted by Gasteiger charge is 2.28. The van der Waals surface area contributed by atoms with Crippen molar-refractivity contribution < 1.29 is 28.7 Å². The van der Waals surface area contributed by atoms with Crippen molar-refractivity contribution in [3.05, 3.63) is 112 Å². The molecular formula is C38H39N3O6S2. The lowest BCUT2D eigenvalue weighted by Crippen LogP contribution is -2.30. The second-order valence-electron chi connectivity index (χ2n) is 11.3. The molecule has 1 heterocycles. The van der Waals surface area contributed by atoms with Gasteiger partial charge in [0.25, 0.3) is 11.8 Å². The Hall–Kier alpha value is -4.87. The standard InChI is InChI=1S/C38H39N3O6S2/c1-4-31(36(44)41-37-33(38(45)46-3)29-16-9-10-17-32(29)49-37)48-28-15-11-14-26(23-28)39-35(43)30(40-34(42)25-12-7-6-8-13-25)22-24-18-20-27(21-19-24)47-5-2/h6-8,11-15,18-23,31H,4-5,9-10,16-17H2,1-3H3,(H,39,43)(H,40,42)(H,41,44)/b30-22+. The predicted octanol–water partition coefficient (Wildman–Crippen LogP) is 7.73. The van der Waals surface area contributed by atoms with Gasteiger partial charge < -0.3 is 25.4 Å². The summed E-state index contributed by atoms with van der Waals surface area (Å²) in [6, 6.07) is 23.1. The van der Waals surface area contributed by atoms with Gasteiger partial charge in [-0.2, -0.15) is 0 Å². The quantitative estimate of drug-likeness (QED) is 0.0743. The van der Waals surface area contributed by atoms with Crippen molar-refractivity contribution in [1.82, 2.24) is 5.32 Å². The molecule has 0 radical (unpaired) electrons. The minimum absolute atomic E-state index is 0.0573. The lowest BCUT2D eigenvalue weighted by atomic mass is 9.95. The van der Waals surface area contributed by atoms with E-state index >= 15 is 0 Å². The first-order valence-electron chi connectivity index (χ1n) is 16.2. The SMILES string of the molecule is CCOc1ccc(/C=C(/NC(=O)c2ccccc2)C(=O)Nc2cccc(SC(CC)C(=O)Nc3sc4c(c3C(=O)OC)CCCC4)c2)cc1. The molecule has 0 aliphatic heterocycles. The van der Waals surface area contributed by atoms with Crippen LogP contribution in [0, 0.1) is 0 Å². The van der Waals surface area contributed by atoms with E-state index in [9.17, 15) is 19.2 Å². The first-order valence-corrected chi connectivity index (χ1v) is 17.9. The zero-order chi connectivity index (χ0) is 34.8. The van der Waals surface area contributed by atoms with Gasteiger partial charge in [-0.05, 0) is 98.7 Å². The van der Waals surface area contributed by atoms with E-state index < -0.39 is 23.0 Å². The average molecular weight is 698 g/mol. The van der Waals surface area contributed by atoms with Gasteiger partial charge in [0.15, 0.2) is 0 Å². The van der Waals surface area contributed by atoms with E-state index in [2.05, 4.69) is 16.0 Å². The second kappa shape index (κ2) is 17.0. The Kier molecular flexibility index (Phi) is 12.3. The number of thiophene rings is 1. The molecule has 1 atom stereocenters. The van der Waals surface area contributed by atoms with E-state index in [4.69, 9.17) is 9.47 Å². The van der Waals surface area contributed by atoms with Crippen LogP contribution in [-0.2, 0) is 27.2 Å². The first-order chi connectivity index (χ1) is 23.8. The number of fused-ring (bicyclic) bond motifs is 1. The van der Waals surface area contributed by atoms with Crippen LogP contribution in [0.4, 0.5) is 10.7 Å². The summed E-state index contributed by atoms with van der Waals surface area (Å²) in [5, 5.41) is 8.74. The van der Waals surface area contributed by atoms with Crippen LogP contribution < -0.4 is 20.7 Å². The molecule has 49 heavy (non-hydrogen) atoms. The van der Waals surface area contributed by atoms with Crippen molar-refractivity contribution in [2.75, 3.05) is 24.4 Å². The smallest absolute Gasteiger partial charge is 0.341 e. The number of carbonyl (C=O) groups excluding carboxylic acids is 4. The van der Waals surface area contributed by atoms with Gasteiger partial charge in [0, 0.05) is 21.0 Å². The van der Waals surface area contributed by atoms with Crippen LogP contribution in [0.5, 0.6) is 5.75 Å². The maximum atomic E-state index is 13.6. The largest absolute Gasteiger partial charge is 0.494 e. The lowest BCUT2D eigenvalue weighted by Gasteiger charge is -2.16. The second-order valence-corrected chi connectivity index (χ2v) is 13.7. The number of amides is 3. The number of carbonyl (C=O) groups is 4. The molecule has 1 aliphatic carbocycles. The molecule has 254 valence electrons. The van der Waals surface area contributed by atoms with Gasteiger partial charge in [-0.25, -0.2) is 4.79 Å². The summed E-state index contributed by atoms with van der Waals surface area (Å²) in [5.41, 5.74) is 3.12. The number of esters is 1. The molecule has 0 fully saturated rings. The van der Waals surface area contributed by atoms with Gasteiger partial charge in [0.05, 0.1) is 24.5 Å². The Morgan fingerprint density at radius 2 is 1.67 bits per heavy atom. The molecule has 1 unspecified atom stereocenters. The average Bonchev–Trinajstić information content (AvgIpc) is 3.49. The molecular weight excluding hydrogens is 659 g/mol. The molecule has 9 nitrogen and oxygen atoms in total. The van der Waals surface area contributed by atoms with Crippen molar-refractivity contribution in [3.63, 3.8) is 0 Å². The first kappa shape index (κ1) is 35.4. The molecule has 3 amide bonds. The van der Waals surface area contributed by atoms with Gasteiger partial charge in [-0.1, -0.05) is 43.3 Å². The van der Waals surface area contributed by atoms with Gasteiger partial charge in [0.1, 0.15) is 16.4 Å². The Morgan fingerprint density at radius 3 is 2.39 bits per heavy atom. The number of hydrogen-bond acceptors (Lipinski definition) is 8. The Morgan fingerprint density at radius 1 is 0.918 bits per heavy atom. The minimum atomic E-state index is -0.512. The third kappa shape index (κ3) is 9.18. The molecule has 0 bridgehead atoms. The van der Waals surface area contributed by atoms with E-state index in [0.29, 0.717) is 46.2 Å². The van der Waals surface area contributed by atoms with E-state index in [1.807, 2.05) is 26.0 Å². The summed E-state index contributed by atoms with van der Waals surface area (Å²) in [4.78, 5) is 54.8. The zero-order valence-corrected chi connectivity index (χ0v) is 29.3. The highest BCUT2D eigenvalue weighted by Crippen LogP contribution is 2.39. The van der Waals surface area contributed by atoms with E-state index in [0.717, 1.165) is 41.0 Å². The van der Waals surface area contributed by atoms with E-state index in [1.54, 1.807) is 72.8 Å². The number of thioether (sulfide) groups is 1.